The zero-order valence-corrected chi connectivity index (χ0v) is 16.9. The molecule has 5 heteroatoms. The summed E-state index contributed by atoms with van der Waals surface area (Å²) in [5.74, 6) is 0.357. The van der Waals surface area contributed by atoms with Crippen LogP contribution in [0.3, 0.4) is 0 Å². The van der Waals surface area contributed by atoms with E-state index >= 15 is 0 Å². The fraction of sp³-hybridized carbons (Fsp3) is 0.200. The van der Waals surface area contributed by atoms with E-state index in [0.29, 0.717) is 39.3 Å². The summed E-state index contributed by atoms with van der Waals surface area (Å²) in [6.07, 6.45) is 0. The van der Waals surface area contributed by atoms with Crippen LogP contribution in [-0.2, 0) is 10.3 Å². The smallest absolute Gasteiger partial charge is 0.340 e. The van der Waals surface area contributed by atoms with Gasteiger partial charge in [-0.15, -0.1) is 0 Å². The summed E-state index contributed by atoms with van der Waals surface area (Å²) < 4.78 is 12.1. The third kappa shape index (κ3) is 2.41. The van der Waals surface area contributed by atoms with Crippen molar-refractivity contribution < 1.29 is 24.2 Å². The zero-order valence-electron chi connectivity index (χ0n) is 16.9. The summed E-state index contributed by atoms with van der Waals surface area (Å²) in [5.41, 5.74) is 2.65. The van der Waals surface area contributed by atoms with Crippen LogP contribution in [0.25, 0.3) is 0 Å². The van der Waals surface area contributed by atoms with Gasteiger partial charge < -0.3 is 14.6 Å². The van der Waals surface area contributed by atoms with Gasteiger partial charge in [-0.05, 0) is 36.8 Å². The quantitative estimate of drug-likeness (QED) is 0.478. The van der Waals surface area contributed by atoms with Crippen molar-refractivity contribution in [2.75, 3.05) is 0 Å². The van der Waals surface area contributed by atoms with Crippen molar-refractivity contribution in [2.24, 2.45) is 5.92 Å². The van der Waals surface area contributed by atoms with E-state index in [-0.39, 0.29) is 17.5 Å². The molecule has 1 unspecified atom stereocenters. The molecule has 0 amide bonds. The van der Waals surface area contributed by atoms with Crippen molar-refractivity contribution in [3.63, 3.8) is 0 Å². The predicted octanol–water partition coefficient (Wildman–Crippen LogP) is 5.11. The molecule has 0 saturated heterocycles. The SMILES string of the molecule is Cc1ccc2c(c1)Oc1cc(O)ccc1C21OC(=O)c2cc(C(=O)C(C)C)ccc21. The van der Waals surface area contributed by atoms with E-state index in [1.54, 1.807) is 30.3 Å². The van der Waals surface area contributed by atoms with E-state index in [2.05, 4.69) is 0 Å². The number of hydrogen-bond acceptors (Lipinski definition) is 5. The molecular formula is C25H20O5. The Morgan fingerprint density at radius 1 is 0.933 bits per heavy atom. The number of fused-ring (bicyclic) bond motifs is 6. The first-order chi connectivity index (χ1) is 14.3. The molecule has 0 bridgehead atoms. The number of carbonyl (C=O) groups is 2. The number of phenolic OH excluding ortho intramolecular Hbond substituents is 1. The number of hydrogen-bond donors (Lipinski definition) is 1. The maximum atomic E-state index is 13.0. The first-order valence-electron chi connectivity index (χ1n) is 9.86. The standard InChI is InChI=1S/C25H20O5/c1-13(2)23(27)15-5-8-18-17(11-15)24(28)30-25(18)19-7-4-14(3)10-21(19)29-22-12-16(26)6-9-20(22)25/h4-13,26H,1-3H3. The molecule has 0 aromatic heterocycles. The van der Waals surface area contributed by atoms with Gasteiger partial charge in [0.1, 0.15) is 17.2 Å². The van der Waals surface area contributed by atoms with Crippen LogP contribution >= 0.6 is 0 Å². The number of aryl methyl sites for hydroxylation is 1. The molecule has 2 aliphatic heterocycles. The van der Waals surface area contributed by atoms with Crippen LogP contribution in [0.1, 0.15) is 56.8 Å². The van der Waals surface area contributed by atoms with Gasteiger partial charge in [-0.3, -0.25) is 4.79 Å². The predicted molar refractivity (Wildman–Crippen MR) is 110 cm³/mol. The van der Waals surface area contributed by atoms with Gasteiger partial charge in [0, 0.05) is 34.2 Å². The monoisotopic (exact) mass is 400 g/mol. The van der Waals surface area contributed by atoms with Gasteiger partial charge in [0.05, 0.1) is 5.56 Å². The maximum absolute atomic E-state index is 13.0. The normalized spacial score (nSPS) is 18.5. The highest BCUT2D eigenvalue weighted by molar-refractivity contribution is 6.03. The van der Waals surface area contributed by atoms with Crippen LogP contribution in [0.2, 0.25) is 0 Å². The minimum absolute atomic E-state index is 0.0279. The number of esters is 1. The van der Waals surface area contributed by atoms with E-state index < -0.39 is 11.6 Å². The van der Waals surface area contributed by atoms with Crippen molar-refractivity contribution in [1.29, 1.82) is 0 Å². The highest BCUT2D eigenvalue weighted by Crippen LogP contribution is 2.56. The summed E-state index contributed by atoms with van der Waals surface area (Å²) >= 11 is 0. The van der Waals surface area contributed by atoms with Crippen molar-refractivity contribution in [3.05, 3.63) is 88.0 Å². The van der Waals surface area contributed by atoms with Gasteiger partial charge >= 0.3 is 5.97 Å². The molecule has 1 N–H and O–H groups in total. The number of ether oxygens (including phenoxy) is 2. The van der Waals surface area contributed by atoms with E-state index in [1.165, 1.54) is 6.07 Å². The van der Waals surface area contributed by atoms with Gasteiger partial charge in [0.15, 0.2) is 11.4 Å². The third-order valence-electron chi connectivity index (χ3n) is 5.75. The second kappa shape index (κ2) is 6.20. The van der Waals surface area contributed by atoms with Crippen LogP contribution in [-0.4, -0.2) is 16.9 Å². The molecule has 2 heterocycles. The van der Waals surface area contributed by atoms with Gasteiger partial charge in [-0.1, -0.05) is 38.1 Å². The molecule has 1 atom stereocenters. The summed E-state index contributed by atoms with van der Waals surface area (Å²) in [4.78, 5) is 25.5. The lowest BCUT2D eigenvalue weighted by molar-refractivity contribution is 0.0224. The van der Waals surface area contributed by atoms with Crippen molar-refractivity contribution in [3.8, 4) is 17.2 Å². The Morgan fingerprint density at radius 3 is 2.33 bits per heavy atom. The van der Waals surface area contributed by atoms with Gasteiger partial charge in [-0.2, -0.15) is 0 Å². The average molecular weight is 400 g/mol. The maximum Gasteiger partial charge on any atom is 0.340 e. The number of aromatic hydroxyl groups is 1. The zero-order chi connectivity index (χ0) is 21.2. The topological polar surface area (TPSA) is 72.8 Å². The van der Waals surface area contributed by atoms with Crippen molar-refractivity contribution in [1.82, 2.24) is 0 Å². The molecule has 5 nitrogen and oxygen atoms in total. The molecule has 150 valence electrons. The molecule has 1 spiro atoms. The molecule has 30 heavy (non-hydrogen) atoms. The number of carbonyl (C=O) groups excluding carboxylic acids is 2. The summed E-state index contributed by atoms with van der Waals surface area (Å²) in [5, 5.41) is 9.99. The molecule has 0 fully saturated rings. The molecular weight excluding hydrogens is 380 g/mol. The molecule has 3 aromatic carbocycles. The Morgan fingerprint density at radius 2 is 1.60 bits per heavy atom. The highest BCUT2D eigenvalue weighted by atomic mass is 16.6. The number of benzene rings is 3. The minimum Gasteiger partial charge on any atom is -0.508 e. The Hall–Kier alpha value is -3.60. The Bertz CT molecular complexity index is 1190. The Balaban J connectivity index is 1.81. The summed E-state index contributed by atoms with van der Waals surface area (Å²) in [6, 6.07) is 15.7. The molecule has 0 radical (unpaired) electrons. The van der Waals surface area contributed by atoms with Crippen molar-refractivity contribution >= 4 is 11.8 Å². The lowest BCUT2D eigenvalue weighted by Crippen LogP contribution is -2.33. The van der Waals surface area contributed by atoms with E-state index in [9.17, 15) is 14.7 Å². The number of rotatable bonds is 2. The lowest BCUT2D eigenvalue weighted by atomic mass is 9.77. The molecule has 2 aliphatic rings. The fourth-order valence-electron chi connectivity index (χ4n) is 4.31. The van der Waals surface area contributed by atoms with E-state index in [4.69, 9.17) is 9.47 Å². The van der Waals surface area contributed by atoms with Crippen LogP contribution in [0, 0.1) is 12.8 Å². The van der Waals surface area contributed by atoms with Gasteiger partial charge in [-0.25, -0.2) is 4.79 Å². The van der Waals surface area contributed by atoms with Crippen LogP contribution in [0.15, 0.2) is 54.6 Å². The fourth-order valence-corrected chi connectivity index (χ4v) is 4.31. The largest absolute Gasteiger partial charge is 0.508 e. The number of ketones is 1. The van der Waals surface area contributed by atoms with Crippen LogP contribution in [0.5, 0.6) is 17.2 Å². The second-order valence-electron chi connectivity index (χ2n) is 8.13. The molecule has 0 aliphatic carbocycles. The van der Waals surface area contributed by atoms with Gasteiger partial charge in [0.25, 0.3) is 0 Å². The Kier molecular flexibility index (Phi) is 3.81. The third-order valence-corrected chi connectivity index (χ3v) is 5.75. The Labute approximate surface area is 173 Å². The molecule has 5 rings (SSSR count). The van der Waals surface area contributed by atoms with Gasteiger partial charge in [0.2, 0.25) is 0 Å². The molecule has 0 saturated carbocycles. The number of phenols is 1. The summed E-state index contributed by atoms with van der Waals surface area (Å²) in [6.45, 7) is 5.61. The van der Waals surface area contributed by atoms with E-state index in [0.717, 1.165) is 5.56 Å². The first-order valence-corrected chi connectivity index (χ1v) is 9.86. The summed E-state index contributed by atoms with van der Waals surface area (Å²) in [7, 11) is 0. The van der Waals surface area contributed by atoms with Crippen LogP contribution < -0.4 is 4.74 Å². The highest BCUT2D eigenvalue weighted by Gasteiger charge is 2.53. The minimum atomic E-state index is -1.20. The molecule has 3 aromatic rings. The van der Waals surface area contributed by atoms with Crippen molar-refractivity contribution in [2.45, 2.75) is 26.4 Å². The van der Waals surface area contributed by atoms with Crippen LogP contribution in [0.4, 0.5) is 0 Å². The van der Waals surface area contributed by atoms with E-state index in [1.807, 2.05) is 39.0 Å². The second-order valence-corrected chi connectivity index (χ2v) is 8.13. The average Bonchev–Trinajstić information content (AvgIpc) is 2.99. The number of Topliss-reactive ketones (excluding diaryl/α,β-unsaturated/α-hetero) is 1. The lowest BCUT2D eigenvalue weighted by Gasteiger charge is -2.36. The first kappa shape index (κ1) is 18.4.